The van der Waals surface area contributed by atoms with E-state index in [0.29, 0.717) is 25.4 Å². The molecule has 0 spiro atoms. The van der Waals surface area contributed by atoms with Crippen LogP contribution in [-0.4, -0.2) is 48.3 Å². The second-order valence-corrected chi connectivity index (χ2v) is 3.80. The molecule has 2 aliphatic rings. The summed E-state index contributed by atoms with van der Waals surface area (Å²) < 4.78 is 0. The Balaban J connectivity index is 2.01. The van der Waals surface area contributed by atoms with Gasteiger partial charge in [0.15, 0.2) is 0 Å². The maximum Gasteiger partial charge on any atom is 0.0461 e. The summed E-state index contributed by atoms with van der Waals surface area (Å²) in [4.78, 5) is 4.75. The molecule has 2 unspecified atom stereocenters. The number of nitrogens with two attached hydrogens (primary N) is 2. The van der Waals surface area contributed by atoms with E-state index in [1.54, 1.807) is 0 Å². The van der Waals surface area contributed by atoms with Crippen molar-refractivity contribution in [3.63, 3.8) is 0 Å². The van der Waals surface area contributed by atoms with E-state index in [9.17, 15) is 0 Å². The Bertz CT molecular complexity index is 147. The van der Waals surface area contributed by atoms with Crippen LogP contribution < -0.4 is 11.5 Å². The van der Waals surface area contributed by atoms with Crippen molar-refractivity contribution in [2.24, 2.45) is 11.5 Å². The fraction of sp³-hybridized carbons (Fsp3) is 1.00. The minimum Gasteiger partial charge on any atom is -0.318 e. The molecule has 2 heterocycles. The Morgan fingerprint density at radius 3 is 2.00 bits per heavy atom. The van der Waals surface area contributed by atoms with Gasteiger partial charge in [-0.3, -0.25) is 9.80 Å². The standard InChI is InChI=1S/C8H18N4/c9-5-11-3-7-1-2-8(4-11)12(7)6-10/h7-8H,1-6,9-10H2. The Hall–Kier alpha value is -0.160. The van der Waals surface area contributed by atoms with E-state index in [1.165, 1.54) is 12.8 Å². The van der Waals surface area contributed by atoms with Gasteiger partial charge in [0.1, 0.15) is 0 Å². The molecule has 2 rings (SSSR count). The van der Waals surface area contributed by atoms with E-state index in [0.717, 1.165) is 13.1 Å². The monoisotopic (exact) mass is 170 g/mol. The van der Waals surface area contributed by atoms with Crippen LogP contribution in [0.2, 0.25) is 0 Å². The van der Waals surface area contributed by atoms with Crippen molar-refractivity contribution < 1.29 is 0 Å². The number of hydrogen-bond acceptors (Lipinski definition) is 4. The van der Waals surface area contributed by atoms with Gasteiger partial charge in [0.05, 0.1) is 0 Å². The molecule has 0 radical (unpaired) electrons. The molecule has 4 N–H and O–H groups in total. The molecular formula is C8H18N4. The van der Waals surface area contributed by atoms with Crippen molar-refractivity contribution in [2.75, 3.05) is 26.4 Å². The molecule has 2 bridgehead atoms. The second-order valence-electron chi connectivity index (χ2n) is 3.80. The first kappa shape index (κ1) is 8.44. The zero-order valence-corrected chi connectivity index (χ0v) is 7.45. The van der Waals surface area contributed by atoms with E-state index in [1.807, 2.05) is 0 Å². The highest BCUT2D eigenvalue weighted by Gasteiger charge is 2.38. The minimum atomic E-state index is 0.678. The summed E-state index contributed by atoms with van der Waals surface area (Å²) in [5.74, 6) is 0. The minimum absolute atomic E-state index is 0.678. The van der Waals surface area contributed by atoms with Gasteiger partial charge in [-0.25, -0.2) is 0 Å². The summed E-state index contributed by atoms with van der Waals surface area (Å²) in [6, 6.07) is 1.36. The molecule has 0 aromatic rings. The van der Waals surface area contributed by atoms with Crippen LogP contribution in [-0.2, 0) is 0 Å². The third kappa shape index (κ3) is 1.25. The van der Waals surface area contributed by atoms with Crippen LogP contribution in [0.4, 0.5) is 0 Å². The lowest BCUT2D eigenvalue weighted by molar-refractivity contribution is 0.0708. The van der Waals surface area contributed by atoms with Crippen molar-refractivity contribution in [1.82, 2.24) is 9.80 Å². The van der Waals surface area contributed by atoms with E-state index in [2.05, 4.69) is 9.80 Å². The molecule has 0 saturated carbocycles. The highest BCUT2D eigenvalue weighted by atomic mass is 15.4. The number of fused-ring (bicyclic) bond motifs is 2. The van der Waals surface area contributed by atoms with Crippen LogP contribution >= 0.6 is 0 Å². The quantitative estimate of drug-likeness (QED) is 0.556. The van der Waals surface area contributed by atoms with Crippen molar-refractivity contribution in [3.05, 3.63) is 0 Å². The van der Waals surface area contributed by atoms with Gasteiger partial charge >= 0.3 is 0 Å². The Labute approximate surface area is 73.5 Å². The first-order valence-electron chi connectivity index (χ1n) is 4.73. The van der Waals surface area contributed by atoms with E-state index < -0.39 is 0 Å². The van der Waals surface area contributed by atoms with E-state index in [4.69, 9.17) is 11.5 Å². The van der Waals surface area contributed by atoms with Crippen molar-refractivity contribution >= 4 is 0 Å². The van der Waals surface area contributed by atoms with Crippen LogP contribution in [0, 0.1) is 0 Å². The van der Waals surface area contributed by atoms with Gasteiger partial charge in [-0.2, -0.15) is 0 Å². The second kappa shape index (κ2) is 3.30. The van der Waals surface area contributed by atoms with Crippen LogP contribution in [0.5, 0.6) is 0 Å². The van der Waals surface area contributed by atoms with Gasteiger partial charge in [-0.1, -0.05) is 0 Å². The molecular weight excluding hydrogens is 152 g/mol. The molecule has 0 aromatic carbocycles. The zero-order valence-electron chi connectivity index (χ0n) is 7.45. The van der Waals surface area contributed by atoms with Crippen LogP contribution in [0.1, 0.15) is 12.8 Å². The highest BCUT2D eigenvalue weighted by molar-refractivity contribution is 4.94. The SMILES string of the molecule is NCN1CC2CCC(C1)N2CN. The van der Waals surface area contributed by atoms with Crippen molar-refractivity contribution in [1.29, 1.82) is 0 Å². The fourth-order valence-electron chi connectivity index (χ4n) is 2.52. The Morgan fingerprint density at radius 1 is 1.00 bits per heavy atom. The molecule has 0 aromatic heterocycles. The topological polar surface area (TPSA) is 58.5 Å². The zero-order chi connectivity index (χ0) is 8.55. The molecule has 70 valence electrons. The van der Waals surface area contributed by atoms with Gasteiger partial charge in [0.25, 0.3) is 0 Å². The third-order valence-electron chi connectivity index (χ3n) is 3.18. The predicted octanol–water partition coefficient (Wildman–Crippen LogP) is -1.03. The average molecular weight is 170 g/mol. The number of nitrogens with zero attached hydrogens (tertiary/aromatic N) is 2. The number of rotatable bonds is 2. The lowest BCUT2D eigenvalue weighted by atomic mass is 10.2. The summed E-state index contributed by atoms with van der Waals surface area (Å²) in [5, 5.41) is 0. The van der Waals surface area contributed by atoms with Gasteiger partial charge in [-0.15, -0.1) is 0 Å². The molecule has 2 fully saturated rings. The van der Waals surface area contributed by atoms with Gasteiger partial charge < -0.3 is 11.5 Å². The van der Waals surface area contributed by atoms with Crippen molar-refractivity contribution in [3.8, 4) is 0 Å². The average Bonchev–Trinajstić information content (AvgIpc) is 2.35. The molecule has 12 heavy (non-hydrogen) atoms. The first-order chi connectivity index (χ1) is 5.85. The van der Waals surface area contributed by atoms with Crippen LogP contribution in [0.3, 0.4) is 0 Å². The summed E-state index contributed by atoms with van der Waals surface area (Å²) in [6.45, 7) is 3.65. The summed E-state index contributed by atoms with van der Waals surface area (Å²) >= 11 is 0. The van der Waals surface area contributed by atoms with E-state index >= 15 is 0 Å². The van der Waals surface area contributed by atoms with Gasteiger partial charge in [0.2, 0.25) is 0 Å². The maximum atomic E-state index is 5.69. The third-order valence-corrected chi connectivity index (χ3v) is 3.18. The smallest absolute Gasteiger partial charge is 0.0461 e. The maximum absolute atomic E-state index is 5.69. The summed E-state index contributed by atoms with van der Waals surface area (Å²) in [5.41, 5.74) is 11.3. The molecule has 2 aliphatic heterocycles. The van der Waals surface area contributed by atoms with Crippen molar-refractivity contribution in [2.45, 2.75) is 24.9 Å². The Morgan fingerprint density at radius 2 is 1.58 bits per heavy atom. The lowest BCUT2D eigenvalue weighted by Crippen LogP contribution is -2.56. The first-order valence-corrected chi connectivity index (χ1v) is 4.73. The number of piperazine rings is 1. The largest absolute Gasteiger partial charge is 0.318 e. The molecule has 0 aliphatic carbocycles. The van der Waals surface area contributed by atoms with Gasteiger partial charge in [-0.05, 0) is 12.8 Å². The highest BCUT2D eigenvalue weighted by Crippen LogP contribution is 2.28. The lowest BCUT2D eigenvalue weighted by Gasteiger charge is -2.39. The fourth-order valence-corrected chi connectivity index (χ4v) is 2.52. The van der Waals surface area contributed by atoms with Gasteiger partial charge in [0, 0.05) is 38.5 Å². The molecule has 4 nitrogen and oxygen atoms in total. The molecule has 2 saturated heterocycles. The number of likely N-dealkylation sites (tertiary alicyclic amines) is 1. The van der Waals surface area contributed by atoms with Crippen LogP contribution in [0.25, 0.3) is 0 Å². The Kier molecular flexibility index (Phi) is 2.32. The normalized spacial score (nSPS) is 37.5. The predicted molar refractivity (Wildman–Crippen MR) is 48.3 cm³/mol. The molecule has 4 heteroatoms. The summed E-state index contributed by atoms with van der Waals surface area (Å²) in [7, 11) is 0. The van der Waals surface area contributed by atoms with E-state index in [-0.39, 0.29) is 0 Å². The van der Waals surface area contributed by atoms with Crippen LogP contribution in [0.15, 0.2) is 0 Å². The molecule has 2 atom stereocenters. The summed E-state index contributed by atoms with van der Waals surface area (Å²) in [6.07, 6.45) is 2.61. The number of hydrogen-bond donors (Lipinski definition) is 2. The molecule has 0 amide bonds.